The van der Waals surface area contributed by atoms with Crippen LogP contribution in [0.4, 0.5) is 0 Å². The first kappa shape index (κ1) is 13.6. The van der Waals surface area contributed by atoms with E-state index in [0.717, 1.165) is 16.3 Å². The van der Waals surface area contributed by atoms with E-state index in [-0.39, 0.29) is 5.91 Å². The molecule has 23 heavy (non-hydrogen) atoms. The van der Waals surface area contributed by atoms with Gasteiger partial charge in [0, 0.05) is 23.3 Å². The zero-order valence-corrected chi connectivity index (χ0v) is 12.8. The van der Waals surface area contributed by atoms with Crippen LogP contribution >= 0.6 is 11.3 Å². The number of nitrogens with zero attached hydrogens (tertiary/aromatic N) is 5. The van der Waals surface area contributed by atoms with Crippen LogP contribution in [0.1, 0.15) is 16.1 Å². The monoisotopic (exact) mass is 324 g/mol. The van der Waals surface area contributed by atoms with E-state index in [1.54, 1.807) is 34.5 Å². The van der Waals surface area contributed by atoms with E-state index >= 15 is 0 Å². The molecule has 0 bridgehead atoms. The SMILES string of the molecule is O=C(NCc1cn2ccsc2n1)c1ccc(-n2cncn2)cc1. The maximum Gasteiger partial charge on any atom is 0.251 e. The lowest BCUT2D eigenvalue weighted by molar-refractivity contribution is 0.0950. The molecule has 0 saturated carbocycles. The first-order chi connectivity index (χ1) is 11.3. The van der Waals surface area contributed by atoms with E-state index in [2.05, 4.69) is 20.4 Å². The van der Waals surface area contributed by atoms with Gasteiger partial charge in [0.1, 0.15) is 12.7 Å². The van der Waals surface area contributed by atoms with Crippen LogP contribution < -0.4 is 5.32 Å². The van der Waals surface area contributed by atoms with Crippen LogP contribution in [-0.4, -0.2) is 30.1 Å². The number of hydrogen-bond donors (Lipinski definition) is 1. The van der Waals surface area contributed by atoms with Crippen molar-refractivity contribution in [3.05, 3.63) is 66.0 Å². The number of carbonyl (C=O) groups is 1. The Hall–Kier alpha value is -3.00. The van der Waals surface area contributed by atoms with Gasteiger partial charge in [0.15, 0.2) is 4.96 Å². The first-order valence-electron chi connectivity index (χ1n) is 6.94. The lowest BCUT2D eigenvalue weighted by Crippen LogP contribution is -2.22. The second-order valence-corrected chi connectivity index (χ2v) is 5.77. The molecule has 0 fully saturated rings. The molecule has 0 spiro atoms. The van der Waals surface area contributed by atoms with Crippen LogP contribution in [0.3, 0.4) is 0 Å². The lowest BCUT2D eigenvalue weighted by Gasteiger charge is -2.05. The van der Waals surface area contributed by atoms with E-state index in [9.17, 15) is 4.79 Å². The van der Waals surface area contributed by atoms with E-state index < -0.39 is 0 Å². The highest BCUT2D eigenvalue weighted by Gasteiger charge is 2.08. The van der Waals surface area contributed by atoms with Gasteiger partial charge in [-0.15, -0.1) is 11.3 Å². The van der Waals surface area contributed by atoms with Crippen molar-refractivity contribution >= 4 is 22.2 Å². The molecule has 4 aromatic rings. The van der Waals surface area contributed by atoms with Gasteiger partial charge in [-0.1, -0.05) is 0 Å². The average molecular weight is 324 g/mol. The van der Waals surface area contributed by atoms with Gasteiger partial charge in [-0.05, 0) is 24.3 Å². The van der Waals surface area contributed by atoms with Crippen molar-refractivity contribution in [3.8, 4) is 5.69 Å². The second kappa shape index (κ2) is 5.65. The summed E-state index contributed by atoms with van der Waals surface area (Å²) in [7, 11) is 0. The molecule has 0 aliphatic carbocycles. The number of rotatable bonds is 4. The fourth-order valence-electron chi connectivity index (χ4n) is 2.24. The zero-order valence-electron chi connectivity index (χ0n) is 12.0. The number of nitrogens with one attached hydrogen (secondary N) is 1. The third-order valence-electron chi connectivity index (χ3n) is 3.39. The summed E-state index contributed by atoms with van der Waals surface area (Å²) in [6, 6.07) is 7.18. The van der Waals surface area contributed by atoms with Crippen LogP contribution in [-0.2, 0) is 6.54 Å². The molecule has 1 amide bonds. The van der Waals surface area contributed by atoms with E-state index in [4.69, 9.17) is 0 Å². The number of imidazole rings is 1. The van der Waals surface area contributed by atoms with Gasteiger partial charge < -0.3 is 5.32 Å². The number of benzene rings is 1. The first-order valence-corrected chi connectivity index (χ1v) is 7.82. The van der Waals surface area contributed by atoms with E-state index in [1.165, 1.54) is 6.33 Å². The van der Waals surface area contributed by atoms with Crippen molar-refractivity contribution < 1.29 is 4.79 Å². The van der Waals surface area contributed by atoms with Crippen molar-refractivity contribution in [1.29, 1.82) is 0 Å². The number of hydrogen-bond acceptors (Lipinski definition) is 5. The molecule has 1 N–H and O–H groups in total. The normalized spacial score (nSPS) is 11.0. The molecule has 8 heteroatoms. The molecule has 0 unspecified atom stereocenters. The summed E-state index contributed by atoms with van der Waals surface area (Å²) in [6.07, 6.45) is 6.94. The molecule has 114 valence electrons. The number of amides is 1. The average Bonchev–Trinajstić information content (AvgIpc) is 3.29. The quantitative estimate of drug-likeness (QED) is 0.622. The minimum absolute atomic E-state index is 0.133. The van der Waals surface area contributed by atoms with Crippen molar-refractivity contribution in [1.82, 2.24) is 29.5 Å². The number of fused-ring (bicyclic) bond motifs is 1. The Labute approximate surface area is 135 Å². The Kier molecular flexibility index (Phi) is 3.35. The fraction of sp³-hybridized carbons (Fsp3) is 0.0667. The molecule has 0 aliphatic heterocycles. The highest BCUT2D eigenvalue weighted by atomic mass is 32.1. The zero-order chi connectivity index (χ0) is 15.6. The molecule has 3 heterocycles. The van der Waals surface area contributed by atoms with Crippen molar-refractivity contribution in [2.24, 2.45) is 0 Å². The molecule has 0 saturated heterocycles. The Morgan fingerprint density at radius 2 is 2.13 bits per heavy atom. The summed E-state index contributed by atoms with van der Waals surface area (Å²) in [5.41, 5.74) is 2.28. The summed E-state index contributed by atoms with van der Waals surface area (Å²) in [6.45, 7) is 0.401. The molecule has 1 aromatic carbocycles. The molecular weight excluding hydrogens is 312 g/mol. The maximum atomic E-state index is 12.2. The van der Waals surface area contributed by atoms with Gasteiger partial charge in [0.2, 0.25) is 0 Å². The van der Waals surface area contributed by atoms with Gasteiger partial charge in [-0.25, -0.2) is 14.6 Å². The summed E-state index contributed by atoms with van der Waals surface area (Å²) in [5, 5.41) is 8.90. The van der Waals surface area contributed by atoms with Gasteiger partial charge in [0.25, 0.3) is 5.91 Å². The summed E-state index contributed by atoms with van der Waals surface area (Å²) < 4.78 is 3.58. The highest BCUT2D eigenvalue weighted by molar-refractivity contribution is 7.15. The van der Waals surface area contributed by atoms with E-state index in [1.807, 2.05) is 34.3 Å². The van der Waals surface area contributed by atoms with Gasteiger partial charge >= 0.3 is 0 Å². The molecular formula is C15H12N6OS. The van der Waals surface area contributed by atoms with Crippen molar-refractivity contribution in [2.45, 2.75) is 6.54 Å². The summed E-state index contributed by atoms with van der Waals surface area (Å²) in [4.78, 5) is 21.4. The Balaban J connectivity index is 1.43. The molecule has 7 nitrogen and oxygen atoms in total. The smallest absolute Gasteiger partial charge is 0.251 e. The predicted molar refractivity (Wildman–Crippen MR) is 85.6 cm³/mol. The highest BCUT2D eigenvalue weighted by Crippen LogP contribution is 2.12. The van der Waals surface area contributed by atoms with E-state index in [0.29, 0.717) is 12.1 Å². The topological polar surface area (TPSA) is 77.1 Å². The van der Waals surface area contributed by atoms with Crippen LogP contribution in [0, 0.1) is 0 Å². The molecule has 0 aliphatic rings. The minimum Gasteiger partial charge on any atom is -0.346 e. The standard InChI is InChI=1S/C15H12N6OS/c22-14(17-7-12-8-20-5-6-23-15(20)19-12)11-1-3-13(4-2-11)21-10-16-9-18-21/h1-6,8-10H,7H2,(H,17,22). The second-order valence-electron chi connectivity index (χ2n) is 4.89. The third kappa shape index (κ3) is 2.71. The van der Waals surface area contributed by atoms with Crippen LogP contribution in [0.2, 0.25) is 0 Å². The Morgan fingerprint density at radius 3 is 2.87 bits per heavy atom. The summed E-state index contributed by atoms with van der Waals surface area (Å²) in [5.74, 6) is -0.133. The number of aromatic nitrogens is 5. The maximum absolute atomic E-state index is 12.2. The van der Waals surface area contributed by atoms with Crippen LogP contribution in [0.15, 0.2) is 54.7 Å². The van der Waals surface area contributed by atoms with Crippen molar-refractivity contribution in [2.75, 3.05) is 0 Å². The predicted octanol–water partition coefficient (Wildman–Crippen LogP) is 1.91. The molecule has 4 rings (SSSR count). The fourth-order valence-corrected chi connectivity index (χ4v) is 2.96. The van der Waals surface area contributed by atoms with Gasteiger partial charge in [-0.3, -0.25) is 9.20 Å². The Bertz CT molecular complexity index is 910. The van der Waals surface area contributed by atoms with Gasteiger partial charge in [0.05, 0.1) is 17.9 Å². The van der Waals surface area contributed by atoms with Crippen LogP contribution in [0.5, 0.6) is 0 Å². The minimum atomic E-state index is -0.133. The molecule has 3 aromatic heterocycles. The number of thiazole rings is 1. The van der Waals surface area contributed by atoms with Crippen molar-refractivity contribution in [3.63, 3.8) is 0 Å². The third-order valence-corrected chi connectivity index (χ3v) is 4.16. The van der Waals surface area contributed by atoms with Gasteiger partial charge in [-0.2, -0.15) is 5.10 Å². The molecule has 0 radical (unpaired) electrons. The number of carbonyl (C=O) groups excluding carboxylic acids is 1. The summed E-state index contributed by atoms with van der Waals surface area (Å²) >= 11 is 1.56. The Morgan fingerprint density at radius 1 is 1.26 bits per heavy atom. The molecule has 0 atom stereocenters. The lowest BCUT2D eigenvalue weighted by atomic mass is 10.2. The largest absolute Gasteiger partial charge is 0.346 e. The van der Waals surface area contributed by atoms with Crippen LogP contribution in [0.25, 0.3) is 10.6 Å².